The molecule has 0 bridgehead atoms. The summed E-state index contributed by atoms with van der Waals surface area (Å²) in [5.74, 6) is 0.0372. The summed E-state index contributed by atoms with van der Waals surface area (Å²) < 4.78 is 10.7. The second-order valence-corrected chi connectivity index (χ2v) is 4.99. The van der Waals surface area contributed by atoms with E-state index in [-0.39, 0.29) is 27.6 Å². The number of benzene rings is 2. The zero-order valence-corrected chi connectivity index (χ0v) is 12.0. The average Bonchev–Trinajstić information content (AvgIpc) is 2.53. The Morgan fingerprint density at radius 2 is 1.73 bits per heavy atom. The summed E-state index contributed by atoms with van der Waals surface area (Å²) in [7, 11) is 0. The predicted molar refractivity (Wildman–Crippen MR) is 79.0 cm³/mol. The average molecular weight is 320 g/mol. The van der Waals surface area contributed by atoms with E-state index in [4.69, 9.17) is 21.1 Å². The minimum absolute atomic E-state index is 0.0812. The first-order valence-corrected chi connectivity index (χ1v) is 6.83. The van der Waals surface area contributed by atoms with Crippen molar-refractivity contribution in [2.24, 2.45) is 0 Å². The highest BCUT2D eigenvalue weighted by molar-refractivity contribution is 6.35. The molecule has 0 aromatic heterocycles. The summed E-state index contributed by atoms with van der Waals surface area (Å²) in [6.07, 6.45) is 0. The molecule has 0 saturated heterocycles. The van der Waals surface area contributed by atoms with E-state index in [1.165, 1.54) is 18.2 Å². The van der Waals surface area contributed by atoms with Crippen LogP contribution in [0.1, 0.15) is 15.9 Å². The maximum atomic E-state index is 12.6. The Morgan fingerprint density at radius 1 is 1.09 bits per heavy atom. The maximum absolute atomic E-state index is 12.6. The number of hydrogen-bond donors (Lipinski definition) is 0. The van der Waals surface area contributed by atoms with Crippen LogP contribution in [0.4, 0.5) is 5.69 Å². The Bertz CT molecular complexity index is 775. The van der Waals surface area contributed by atoms with Gasteiger partial charge in [0.15, 0.2) is 11.5 Å². The number of ketones is 1. The van der Waals surface area contributed by atoms with Crippen LogP contribution in [-0.2, 0) is 0 Å². The fourth-order valence-electron chi connectivity index (χ4n) is 2.20. The van der Waals surface area contributed by atoms with Crippen molar-refractivity contribution in [1.82, 2.24) is 0 Å². The Balaban J connectivity index is 2.15. The standard InChI is InChI=1S/C15H10ClNO5/c16-11-4-2-1-3-9(11)15(18)10-7-13-14(22-6-5-21-13)8-12(10)17(19)20/h1-4,7-8H,5-6H2. The number of nitro benzene ring substituents is 1. The van der Waals surface area contributed by atoms with E-state index in [9.17, 15) is 14.9 Å². The Kier molecular flexibility index (Phi) is 3.68. The largest absolute Gasteiger partial charge is 0.486 e. The van der Waals surface area contributed by atoms with Crippen LogP contribution in [-0.4, -0.2) is 23.9 Å². The summed E-state index contributed by atoms with van der Waals surface area (Å²) in [5.41, 5.74) is -0.222. The first kappa shape index (κ1) is 14.3. The highest BCUT2D eigenvalue weighted by atomic mass is 35.5. The molecule has 7 heteroatoms. The van der Waals surface area contributed by atoms with Crippen LogP contribution in [0.15, 0.2) is 36.4 Å². The Labute approximate surface area is 130 Å². The SMILES string of the molecule is O=C(c1ccccc1Cl)c1cc2c(cc1[N+](=O)[O-])OCCO2. The summed E-state index contributed by atoms with van der Waals surface area (Å²) in [4.78, 5) is 23.2. The van der Waals surface area contributed by atoms with E-state index >= 15 is 0 Å². The molecule has 0 saturated carbocycles. The normalized spacial score (nSPS) is 12.8. The molecule has 0 aliphatic carbocycles. The second-order valence-electron chi connectivity index (χ2n) is 4.58. The number of nitrogens with zero attached hydrogens (tertiary/aromatic N) is 1. The molecule has 0 atom stereocenters. The van der Waals surface area contributed by atoms with Crippen molar-refractivity contribution in [3.8, 4) is 11.5 Å². The monoisotopic (exact) mass is 319 g/mol. The van der Waals surface area contributed by atoms with E-state index in [0.717, 1.165) is 0 Å². The van der Waals surface area contributed by atoms with Gasteiger partial charge in [-0.3, -0.25) is 14.9 Å². The quantitative estimate of drug-likeness (QED) is 0.493. The van der Waals surface area contributed by atoms with Crippen LogP contribution in [0.25, 0.3) is 0 Å². The molecule has 2 aromatic rings. The van der Waals surface area contributed by atoms with Crippen LogP contribution in [0, 0.1) is 10.1 Å². The number of carbonyl (C=O) groups excluding carboxylic acids is 1. The third-order valence-electron chi connectivity index (χ3n) is 3.22. The Hall–Kier alpha value is -2.60. The van der Waals surface area contributed by atoms with Crippen molar-refractivity contribution in [2.75, 3.05) is 13.2 Å². The number of carbonyl (C=O) groups is 1. The second kappa shape index (κ2) is 5.65. The van der Waals surface area contributed by atoms with Gasteiger partial charge in [-0.05, 0) is 12.1 Å². The first-order chi connectivity index (χ1) is 10.6. The third kappa shape index (κ3) is 2.48. The summed E-state index contributed by atoms with van der Waals surface area (Å²) in [6, 6.07) is 8.93. The lowest BCUT2D eigenvalue weighted by Crippen LogP contribution is -2.17. The molecule has 22 heavy (non-hydrogen) atoms. The molecule has 0 amide bonds. The molecule has 3 rings (SSSR count). The fourth-order valence-corrected chi connectivity index (χ4v) is 2.42. The summed E-state index contributed by atoms with van der Waals surface area (Å²) in [6.45, 7) is 0.631. The fraction of sp³-hybridized carbons (Fsp3) is 0.133. The molecule has 0 N–H and O–H groups in total. The van der Waals surface area contributed by atoms with Crippen molar-refractivity contribution < 1.29 is 19.2 Å². The van der Waals surface area contributed by atoms with Crippen molar-refractivity contribution in [2.45, 2.75) is 0 Å². The van der Waals surface area contributed by atoms with Crippen LogP contribution in [0.2, 0.25) is 5.02 Å². The van der Waals surface area contributed by atoms with Gasteiger partial charge in [0.1, 0.15) is 18.8 Å². The molecular weight excluding hydrogens is 310 g/mol. The van der Waals surface area contributed by atoms with Crippen molar-refractivity contribution in [3.63, 3.8) is 0 Å². The minimum Gasteiger partial charge on any atom is -0.486 e. The number of halogens is 1. The number of fused-ring (bicyclic) bond motifs is 1. The zero-order valence-electron chi connectivity index (χ0n) is 11.2. The maximum Gasteiger partial charge on any atom is 0.284 e. The summed E-state index contributed by atoms with van der Waals surface area (Å²) in [5, 5.41) is 11.5. The molecule has 0 unspecified atom stereocenters. The van der Waals surface area contributed by atoms with Gasteiger partial charge < -0.3 is 9.47 Å². The van der Waals surface area contributed by atoms with Crippen molar-refractivity contribution in [1.29, 1.82) is 0 Å². The topological polar surface area (TPSA) is 78.7 Å². The van der Waals surface area contributed by atoms with Gasteiger partial charge in [0.05, 0.1) is 16.0 Å². The highest BCUT2D eigenvalue weighted by Crippen LogP contribution is 2.37. The van der Waals surface area contributed by atoms with Crippen LogP contribution in [0.5, 0.6) is 11.5 Å². The van der Waals surface area contributed by atoms with Crippen molar-refractivity contribution in [3.05, 3.63) is 62.7 Å². The lowest BCUT2D eigenvalue weighted by Gasteiger charge is -2.18. The zero-order chi connectivity index (χ0) is 15.7. The number of ether oxygens (including phenoxy) is 2. The van der Waals surface area contributed by atoms with Crippen LogP contribution < -0.4 is 9.47 Å². The molecule has 0 radical (unpaired) electrons. The molecular formula is C15H10ClNO5. The minimum atomic E-state index is -0.623. The van der Waals surface area contributed by atoms with Gasteiger partial charge in [-0.25, -0.2) is 0 Å². The molecule has 112 valence electrons. The third-order valence-corrected chi connectivity index (χ3v) is 3.55. The number of rotatable bonds is 3. The number of hydrogen-bond acceptors (Lipinski definition) is 5. The molecule has 0 spiro atoms. The molecule has 0 fully saturated rings. The smallest absolute Gasteiger partial charge is 0.284 e. The number of nitro groups is 1. The van der Waals surface area contributed by atoms with Gasteiger partial charge in [0.25, 0.3) is 5.69 Å². The van der Waals surface area contributed by atoms with E-state index in [2.05, 4.69) is 0 Å². The van der Waals surface area contributed by atoms with Gasteiger partial charge in [-0.15, -0.1) is 0 Å². The highest BCUT2D eigenvalue weighted by Gasteiger charge is 2.27. The lowest BCUT2D eigenvalue weighted by atomic mass is 10.0. The van der Waals surface area contributed by atoms with E-state index in [1.807, 2.05) is 0 Å². The van der Waals surface area contributed by atoms with Crippen LogP contribution in [0.3, 0.4) is 0 Å². The molecule has 1 aliphatic rings. The molecule has 6 nitrogen and oxygen atoms in total. The predicted octanol–water partition coefficient (Wildman–Crippen LogP) is 3.25. The first-order valence-electron chi connectivity index (χ1n) is 6.45. The van der Waals surface area contributed by atoms with E-state index < -0.39 is 10.7 Å². The van der Waals surface area contributed by atoms with Gasteiger partial charge in [0, 0.05) is 11.6 Å². The molecule has 1 heterocycles. The van der Waals surface area contributed by atoms with E-state index in [0.29, 0.717) is 19.0 Å². The van der Waals surface area contributed by atoms with Crippen LogP contribution >= 0.6 is 11.6 Å². The van der Waals surface area contributed by atoms with Gasteiger partial charge in [-0.1, -0.05) is 23.7 Å². The summed E-state index contributed by atoms with van der Waals surface area (Å²) >= 11 is 6.00. The lowest BCUT2D eigenvalue weighted by molar-refractivity contribution is -0.385. The Morgan fingerprint density at radius 3 is 2.36 bits per heavy atom. The van der Waals surface area contributed by atoms with Gasteiger partial charge in [0.2, 0.25) is 5.78 Å². The van der Waals surface area contributed by atoms with E-state index in [1.54, 1.807) is 18.2 Å². The van der Waals surface area contributed by atoms with Gasteiger partial charge in [-0.2, -0.15) is 0 Å². The molecule has 2 aromatic carbocycles. The van der Waals surface area contributed by atoms with Gasteiger partial charge >= 0.3 is 0 Å². The molecule has 1 aliphatic heterocycles. The van der Waals surface area contributed by atoms with Crippen molar-refractivity contribution >= 4 is 23.1 Å².